The van der Waals surface area contributed by atoms with Gasteiger partial charge >= 0.3 is 17.9 Å². The van der Waals surface area contributed by atoms with E-state index in [2.05, 4.69) is 6.92 Å². The van der Waals surface area contributed by atoms with E-state index in [9.17, 15) is 14.4 Å². The van der Waals surface area contributed by atoms with Crippen molar-refractivity contribution in [3.05, 3.63) is 0 Å². The van der Waals surface area contributed by atoms with Gasteiger partial charge in [-0.1, -0.05) is 45.4 Å². The maximum Gasteiger partial charge on any atom is 0.307 e. The molecule has 2 aliphatic rings. The predicted octanol–water partition coefficient (Wildman–Crippen LogP) is 4.26. The van der Waals surface area contributed by atoms with Crippen molar-refractivity contribution in [1.29, 1.82) is 0 Å². The predicted molar refractivity (Wildman–Crippen MR) is 97.8 cm³/mol. The van der Waals surface area contributed by atoms with Crippen LogP contribution >= 0.6 is 0 Å². The number of rotatable bonds is 7. The molecule has 2 saturated carbocycles. The SMILES string of the molecule is CCCCOC(=O)CC1CCCCC1.O=C(O)C1CCCCC1C(=O)O. The van der Waals surface area contributed by atoms with Crippen LogP contribution in [-0.4, -0.2) is 34.7 Å². The molecule has 6 nitrogen and oxygen atoms in total. The van der Waals surface area contributed by atoms with Gasteiger partial charge in [-0.15, -0.1) is 0 Å². The van der Waals surface area contributed by atoms with Crippen molar-refractivity contribution in [3.8, 4) is 0 Å². The molecule has 0 saturated heterocycles. The van der Waals surface area contributed by atoms with E-state index < -0.39 is 23.8 Å². The first-order valence-corrected chi connectivity index (χ1v) is 10.1. The van der Waals surface area contributed by atoms with Crippen molar-refractivity contribution >= 4 is 17.9 Å². The molecule has 2 unspecified atom stereocenters. The van der Waals surface area contributed by atoms with Crippen molar-refractivity contribution < 1.29 is 29.3 Å². The summed E-state index contributed by atoms with van der Waals surface area (Å²) in [6.45, 7) is 2.72. The second-order valence-corrected chi connectivity index (χ2v) is 7.46. The largest absolute Gasteiger partial charge is 0.481 e. The summed E-state index contributed by atoms with van der Waals surface area (Å²) in [6.07, 6.45) is 11.8. The monoisotopic (exact) mass is 370 g/mol. The zero-order valence-corrected chi connectivity index (χ0v) is 16.0. The summed E-state index contributed by atoms with van der Waals surface area (Å²) in [5, 5.41) is 17.4. The number of esters is 1. The summed E-state index contributed by atoms with van der Waals surface area (Å²) in [4.78, 5) is 32.6. The van der Waals surface area contributed by atoms with E-state index in [-0.39, 0.29) is 5.97 Å². The first kappa shape index (κ1) is 22.5. The molecule has 2 atom stereocenters. The topological polar surface area (TPSA) is 101 Å². The van der Waals surface area contributed by atoms with Gasteiger partial charge in [0.1, 0.15) is 0 Å². The Morgan fingerprint density at radius 3 is 1.81 bits per heavy atom. The van der Waals surface area contributed by atoms with Gasteiger partial charge in [0.05, 0.1) is 18.4 Å². The lowest BCUT2D eigenvalue weighted by atomic mass is 9.79. The lowest BCUT2D eigenvalue weighted by Crippen LogP contribution is -2.32. The molecule has 0 spiro atoms. The maximum atomic E-state index is 11.4. The van der Waals surface area contributed by atoms with E-state index in [0.717, 1.165) is 25.7 Å². The van der Waals surface area contributed by atoms with Crippen LogP contribution in [0, 0.1) is 17.8 Å². The van der Waals surface area contributed by atoms with Crippen LogP contribution in [0.3, 0.4) is 0 Å². The number of carbonyl (C=O) groups is 3. The first-order chi connectivity index (χ1) is 12.5. The molecule has 0 bridgehead atoms. The molecule has 0 aromatic carbocycles. The summed E-state index contributed by atoms with van der Waals surface area (Å²) in [7, 11) is 0. The van der Waals surface area contributed by atoms with Gasteiger partial charge < -0.3 is 14.9 Å². The Hall–Kier alpha value is -1.59. The molecule has 0 aliphatic heterocycles. The van der Waals surface area contributed by atoms with Crippen molar-refractivity contribution in [3.63, 3.8) is 0 Å². The van der Waals surface area contributed by atoms with Gasteiger partial charge in [-0.2, -0.15) is 0 Å². The number of carboxylic acid groups (broad SMARTS) is 2. The van der Waals surface area contributed by atoms with E-state index in [1.807, 2.05) is 0 Å². The van der Waals surface area contributed by atoms with Crippen LogP contribution < -0.4 is 0 Å². The third kappa shape index (κ3) is 8.68. The molecule has 0 heterocycles. The number of hydrogen-bond acceptors (Lipinski definition) is 4. The molecule has 0 aromatic rings. The molecular formula is C20H34O6. The van der Waals surface area contributed by atoms with Gasteiger partial charge in [0.2, 0.25) is 0 Å². The summed E-state index contributed by atoms with van der Waals surface area (Å²) < 4.78 is 5.15. The van der Waals surface area contributed by atoms with E-state index in [0.29, 0.717) is 31.8 Å². The lowest BCUT2D eigenvalue weighted by molar-refractivity contribution is -0.155. The molecule has 0 amide bonds. The van der Waals surface area contributed by atoms with Crippen molar-refractivity contribution in [2.75, 3.05) is 6.61 Å². The lowest BCUT2D eigenvalue weighted by Gasteiger charge is -2.24. The van der Waals surface area contributed by atoms with Crippen LogP contribution in [0.15, 0.2) is 0 Å². The Morgan fingerprint density at radius 2 is 1.35 bits per heavy atom. The molecular weight excluding hydrogens is 336 g/mol. The van der Waals surface area contributed by atoms with Crippen LogP contribution in [0.4, 0.5) is 0 Å². The Labute approximate surface area is 156 Å². The highest BCUT2D eigenvalue weighted by atomic mass is 16.5. The number of carbonyl (C=O) groups excluding carboxylic acids is 1. The quantitative estimate of drug-likeness (QED) is 0.513. The summed E-state index contributed by atoms with van der Waals surface area (Å²) in [5.41, 5.74) is 0. The van der Waals surface area contributed by atoms with Gasteiger partial charge in [-0.3, -0.25) is 14.4 Å². The summed E-state index contributed by atoms with van der Waals surface area (Å²) in [6, 6.07) is 0. The first-order valence-electron chi connectivity index (χ1n) is 10.1. The van der Waals surface area contributed by atoms with E-state index >= 15 is 0 Å². The van der Waals surface area contributed by atoms with Crippen LogP contribution in [0.5, 0.6) is 0 Å². The Morgan fingerprint density at radius 1 is 0.846 bits per heavy atom. The number of hydrogen-bond donors (Lipinski definition) is 2. The zero-order valence-electron chi connectivity index (χ0n) is 16.0. The second kappa shape index (κ2) is 12.7. The number of aliphatic carboxylic acids is 2. The Balaban J connectivity index is 0.000000263. The molecule has 6 heteroatoms. The molecule has 150 valence electrons. The van der Waals surface area contributed by atoms with Crippen molar-refractivity contribution in [1.82, 2.24) is 0 Å². The molecule has 2 rings (SSSR count). The molecule has 2 aliphatic carbocycles. The average Bonchev–Trinajstić information content (AvgIpc) is 2.63. The van der Waals surface area contributed by atoms with Crippen LogP contribution in [0.1, 0.15) is 84.0 Å². The maximum absolute atomic E-state index is 11.4. The van der Waals surface area contributed by atoms with Crippen molar-refractivity contribution in [2.24, 2.45) is 17.8 Å². The molecule has 2 N–H and O–H groups in total. The normalized spacial score (nSPS) is 23.4. The highest BCUT2D eigenvalue weighted by Gasteiger charge is 2.35. The standard InChI is InChI=1S/C12H22O2.C8H12O4/c1-2-3-9-14-12(13)10-11-7-5-4-6-8-11;9-7(10)5-3-1-2-4-6(5)8(11)12/h11H,2-10H2,1H3;5-6H,1-4H2,(H,9,10)(H,11,12). The summed E-state index contributed by atoms with van der Waals surface area (Å²) >= 11 is 0. The Bertz CT molecular complexity index is 420. The minimum absolute atomic E-state index is 0.0188. The van der Waals surface area contributed by atoms with Gasteiger partial charge in [-0.05, 0) is 38.0 Å². The van der Waals surface area contributed by atoms with E-state index in [4.69, 9.17) is 14.9 Å². The van der Waals surface area contributed by atoms with E-state index in [1.54, 1.807) is 0 Å². The fraction of sp³-hybridized carbons (Fsp3) is 0.850. The van der Waals surface area contributed by atoms with Crippen LogP contribution in [-0.2, 0) is 19.1 Å². The number of unbranched alkanes of at least 4 members (excludes halogenated alkanes) is 1. The smallest absolute Gasteiger partial charge is 0.307 e. The molecule has 26 heavy (non-hydrogen) atoms. The fourth-order valence-electron chi connectivity index (χ4n) is 3.74. The van der Waals surface area contributed by atoms with Gasteiger partial charge in [0.15, 0.2) is 0 Å². The summed E-state index contributed by atoms with van der Waals surface area (Å²) in [5.74, 6) is -2.65. The van der Waals surface area contributed by atoms with Gasteiger partial charge in [-0.25, -0.2) is 0 Å². The number of carboxylic acids is 2. The zero-order chi connectivity index (χ0) is 19.4. The third-order valence-electron chi connectivity index (χ3n) is 5.34. The average molecular weight is 370 g/mol. The molecule has 0 aromatic heterocycles. The molecule has 2 fully saturated rings. The van der Waals surface area contributed by atoms with Gasteiger partial charge in [0, 0.05) is 6.42 Å². The highest BCUT2D eigenvalue weighted by Crippen LogP contribution is 2.30. The fourth-order valence-corrected chi connectivity index (χ4v) is 3.74. The minimum atomic E-state index is -0.970. The minimum Gasteiger partial charge on any atom is -0.481 e. The van der Waals surface area contributed by atoms with Crippen LogP contribution in [0.2, 0.25) is 0 Å². The highest BCUT2D eigenvalue weighted by molar-refractivity contribution is 5.80. The number of ether oxygens (including phenoxy) is 1. The molecule has 0 radical (unpaired) electrons. The van der Waals surface area contributed by atoms with Gasteiger partial charge in [0.25, 0.3) is 0 Å². The third-order valence-corrected chi connectivity index (χ3v) is 5.34. The van der Waals surface area contributed by atoms with Crippen LogP contribution in [0.25, 0.3) is 0 Å². The second-order valence-electron chi connectivity index (χ2n) is 7.46. The Kier molecular flexibility index (Phi) is 11.0. The van der Waals surface area contributed by atoms with E-state index in [1.165, 1.54) is 32.1 Å². The van der Waals surface area contributed by atoms with Crippen molar-refractivity contribution in [2.45, 2.75) is 84.0 Å².